The smallest absolute Gasteiger partial charge is 0.254 e. The standard InChI is InChI=1S/C24H28N4O4S/c1-17-14-20(24(30)28-13-5-4-6-18(28)2)9-12-22(17)26-23(29)16-27(3)33(31,32)21-10-7-19(15-25)8-11-21/h7-12,14,18H,4-6,13,16H2,1-3H3,(H,26,29). The average Bonchev–Trinajstić information content (AvgIpc) is 2.80. The molecule has 0 bridgehead atoms. The molecule has 1 unspecified atom stereocenters. The molecule has 0 aliphatic carbocycles. The Hall–Kier alpha value is -3.22. The van der Waals surface area contributed by atoms with Gasteiger partial charge in [-0.15, -0.1) is 0 Å². The van der Waals surface area contributed by atoms with Gasteiger partial charge < -0.3 is 10.2 Å². The zero-order chi connectivity index (χ0) is 24.2. The number of piperidine rings is 1. The molecule has 0 aromatic heterocycles. The summed E-state index contributed by atoms with van der Waals surface area (Å²) in [6, 6.07) is 12.8. The molecule has 0 saturated carbocycles. The van der Waals surface area contributed by atoms with Crippen LogP contribution in [0.1, 0.15) is 47.7 Å². The van der Waals surface area contributed by atoms with Crippen molar-refractivity contribution < 1.29 is 18.0 Å². The van der Waals surface area contributed by atoms with Crippen LogP contribution in [0.25, 0.3) is 0 Å². The average molecular weight is 469 g/mol. The predicted octanol–water partition coefficient (Wildman–Crippen LogP) is 3.14. The second kappa shape index (κ2) is 10.1. The van der Waals surface area contributed by atoms with Crippen molar-refractivity contribution in [3.05, 3.63) is 59.2 Å². The first-order valence-corrected chi connectivity index (χ1v) is 12.3. The highest BCUT2D eigenvalue weighted by molar-refractivity contribution is 7.89. The van der Waals surface area contributed by atoms with Crippen LogP contribution in [0.15, 0.2) is 47.4 Å². The number of benzene rings is 2. The minimum absolute atomic E-state index is 0.00258. The molecule has 1 aliphatic heterocycles. The van der Waals surface area contributed by atoms with Gasteiger partial charge in [-0.3, -0.25) is 9.59 Å². The number of amides is 2. The molecule has 1 fully saturated rings. The molecule has 1 saturated heterocycles. The molecule has 8 nitrogen and oxygen atoms in total. The largest absolute Gasteiger partial charge is 0.336 e. The Morgan fingerprint density at radius 1 is 1.18 bits per heavy atom. The van der Waals surface area contributed by atoms with E-state index in [-0.39, 0.29) is 23.4 Å². The summed E-state index contributed by atoms with van der Waals surface area (Å²) in [7, 11) is -2.56. The lowest BCUT2D eigenvalue weighted by atomic mass is 10.0. The molecule has 33 heavy (non-hydrogen) atoms. The summed E-state index contributed by atoms with van der Waals surface area (Å²) in [5.41, 5.74) is 2.16. The van der Waals surface area contributed by atoms with E-state index in [0.717, 1.165) is 35.7 Å². The zero-order valence-corrected chi connectivity index (χ0v) is 19.9. The van der Waals surface area contributed by atoms with Gasteiger partial charge in [-0.2, -0.15) is 9.57 Å². The summed E-state index contributed by atoms with van der Waals surface area (Å²) in [5.74, 6) is -0.516. The highest BCUT2D eigenvalue weighted by atomic mass is 32.2. The SMILES string of the molecule is Cc1cc(C(=O)N2CCCCC2C)ccc1NC(=O)CN(C)S(=O)(=O)c1ccc(C#N)cc1. The Kier molecular flexibility index (Phi) is 7.51. The number of carbonyl (C=O) groups excluding carboxylic acids is 2. The van der Waals surface area contributed by atoms with E-state index in [2.05, 4.69) is 12.2 Å². The van der Waals surface area contributed by atoms with Gasteiger partial charge in [0, 0.05) is 30.9 Å². The molecule has 0 radical (unpaired) electrons. The Morgan fingerprint density at radius 2 is 1.88 bits per heavy atom. The van der Waals surface area contributed by atoms with Gasteiger partial charge in [0.25, 0.3) is 5.91 Å². The first-order valence-electron chi connectivity index (χ1n) is 10.8. The monoisotopic (exact) mass is 468 g/mol. The van der Waals surface area contributed by atoms with E-state index in [1.165, 1.54) is 31.3 Å². The quantitative estimate of drug-likeness (QED) is 0.700. The molecule has 2 aromatic carbocycles. The van der Waals surface area contributed by atoms with Gasteiger partial charge in [-0.25, -0.2) is 8.42 Å². The van der Waals surface area contributed by atoms with Crippen LogP contribution in [-0.2, 0) is 14.8 Å². The normalized spacial score (nSPS) is 16.3. The molecular formula is C24H28N4O4S. The van der Waals surface area contributed by atoms with Gasteiger partial charge in [0.2, 0.25) is 15.9 Å². The summed E-state index contributed by atoms with van der Waals surface area (Å²) >= 11 is 0. The fraction of sp³-hybridized carbons (Fsp3) is 0.375. The third kappa shape index (κ3) is 5.59. The fourth-order valence-electron chi connectivity index (χ4n) is 3.86. The second-order valence-electron chi connectivity index (χ2n) is 8.32. The van der Waals surface area contributed by atoms with Gasteiger partial charge in [0.1, 0.15) is 0 Å². The maximum atomic E-state index is 12.9. The number of rotatable bonds is 6. The maximum absolute atomic E-state index is 12.9. The second-order valence-corrected chi connectivity index (χ2v) is 10.4. The van der Waals surface area contributed by atoms with Crippen LogP contribution in [-0.4, -0.2) is 55.6 Å². The van der Waals surface area contributed by atoms with E-state index < -0.39 is 15.9 Å². The number of nitrogens with zero attached hydrogens (tertiary/aromatic N) is 3. The maximum Gasteiger partial charge on any atom is 0.254 e. The minimum atomic E-state index is -3.88. The summed E-state index contributed by atoms with van der Waals surface area (Å²) < 4.78 is 26.4. The summed E-state index contributed by atoms with van der Waals surface area (Å²) in [6.45, 7) is 4.22. The van der Waals surface area contributed by atoms with Crippen molar-refractivity contribution in [1.29, 1.82) is 5.26 Å². The summed E-state index contributed by atoms with van der Waals surface area (Å²) in [4.78, 5) is 27.3. The highest BCUT2D eigenvalue weighted by Gasteiger charge is 2.25. The van der Waals surface area contributed by atoms with Crippen molar-refractivity contribution in [3.63, 3.8) is 0 Å². The van der Waals surface area contributed by atoms with Crippen molar-refractivity contribution in [3.8, 4) is 6.07 Å². The molecule has 0 spiro atoms. The molecule has 1 aliphatic rings. The van der Waals surface area contributed by atoms with Crippen molar-refractivity contribution in [1.82, 2.24) is 9.21 Å². The number of likely N-dealkylation sites (tertiary alicyclic amines) is 1. The molecule has 1 heterocycles. The van der Waals surface area contributed by atoms with Crippen LogP contribution in [0.5, 0.6) is 0 Å². The molecule has 1 N–H and O–H groups in total. The Bertz CT molecular complexity index is 1190. The van der Waals surface area contributed by atoms with E-state index in [4.69, 9.17) is 5.26 Å². The topological polar surface area (TPSA) is 111 Å². The van der Waals surface area contributed by atoms with Gasteiger partial charge >= 0.3 is 0 Å². The van der Waals surface area contributed by atoms with E-state index >= 15 is 0 Å². The Balaban J connectivity index is 1.66. The third-order valence-corrected chi connectivity index (χ3v) is 7.69. The van der Waals surface area contributed by atoms with Crippen LogP contribution in [0.2, 0.25) is 0 Å². The van der Waals surface area contributed by atoms with E-state index in [1.807, 2.05) is 11.0 Å². The summed E-state index contributed by atoms with van der Waals surface area (Å²) in [5, 5.41) is 11.6. The van der Waals surface area contributed by atoms with E-state index in [9.17, 15) is 18.0 Å². The zero-order valence-electron chi connectivity index (χ0n) is 19.0. The lowest BCUT2D eigenvalue weighted by molar-refractivity contribution is -0.116. The number of nitrogens with one attached hydrogen (secondary N) is 1. The number of nitriles is 1. The molecular weight excluding hydrogens is 440 g/mol. The van der Waals surface area contributed by atoms with Crippen molar-refractivity contribution in [2.75, 3.05) is 25.5 Å². The molecule has 2 amide bonds. The van der Waals surface area contributed by atoms with Gasteiger partial charge in [-0.05, 0) is 81.1 Å². The number of aryl methyl sites for hydroxylation is 1. The van der Waals surface area contributed by atoms with Crippen LogP contribution >= 0.6 is 0 Å². The lowest BCUT2D eigenvalue weighted by Gasteiger charge is -2.33. The molecule has 9 heteroatoms. The first-order chi connectivity index (χ1) is 15.6. The predicted molar refractivity (Wildman–Crippen MR) is 125 cm³/mol. The van der Waals surface area contributed by atoms with Crippen LogP contribution in [0.3, 0.4) is 0 Å². The first kappa shape index (κ1) is 24.4. The highest BCUT2D eigenvalue weighted by Crippen LogP contribution is 2.22. The van der Waals surface area contributed by atoms with Crippen LogP contribution < -0.4 is 5.32 Å². The van der Waals surface area contributed by atoms with Crippen molar-refractivity contribution in [2.24, 2.45) is 0 Å². The van der Waals surface area contributed by atoms with E-state index in [0.29, 0.717) is 16.8 Å². The molecule has 174 valence electrons. The number of likely N-dealkylation sites (N-methyl/N-ethyl adjacent to an activating group) is 1. The lowest BCUT2D eigenvalue weighted by Crippen LogP contribution is -2.42. The Labute approximate surface area is 194 Å². The Morgan fingerprint density at radius 3 is 2.48 bits per heavy atom. The number of sulfonamides is 1. The fourth-order valence-corrected chi connectivity index (χ4v) is 4.99. The van der Waals surface area contributed by atoms with Gasteiger partial charge in [0.15, 0.2) is 0 Å². The molecule has 1 atom stereocenters. The van der Waals surface area contributed by atoms with Crippen LogP contribution in [0.4, 0.5) is 5.69 Å². The van der Waals surface area contributed by atoms with Crippen LogP contribution in [0, 0.1) is 18.3 Å². The number of hydrogen-bond donors (Lipinski definition) is 1. The third-order valence-electron chi connectivity index (χ3n) is 5.87. The van der Waals surface area contributed by atoms with Gasteiger partial charge in [0.05, 0.1) is 23.1 Å². The molecule has 3 rings (SSSR count). The van der Waals surface area contributed by atoms with Crippen molar-refractivity contribution >= 4 is 27.5 Å². The minimum Gasteiger partial charge on any atom is -0.336 e. The van der Waals surface area contributed by atoms with Crippen molar-refractivity contribution in [2.45, 2.75) is 44.0 Å². The van der Waals surface area contributed by atoms with E-state index in [1.54, 1.807) is 25.1 Å². The van der Waals surface area contributed by atoms with Gasteiger partial charge in [-0.1, -0.05) is 0 Å². The number of hydrogen-bond acceptors (Lipinski definition) is 5. The number of carbonyl (C=O) groups is 2. The summed E-state index contributed by atoms with van der Waals surface area (Å²) in [6.07, 6.45) is 3.13. The number of anilines is 1. The molecule has 2 aromatic rings.